The van der Waals surface area contributed by atoms with Crippen LogP contribution in [-0.2, 0) is 22.2 Å². The van der Waals surface area contributed by atoms with Crippen molar-refractivity contribution < 1.29 is 37.0 Å². The van der Waals surface area contributed by atoms with E-state index in [4.69, 9.17) is 4.74 Å². The highest BCUT2D eigenvalue weighted by Crippen LogP contribution is 2.37. The molecule has 4 rings (SSSR count). The number of alkyl halides is 3. The molecule has 0 aliphatic carbocycles. The van der Waals surface area contributed by atoms with Crippen molar-refractivity contribution in [3.63, 3.8) is 0 Å². The molecule has 8 nitrogen and oxygen atoms in total. The number of ether oxygens (including phenoxy) is 1. The van der Waals surface area contributed by atoms with Crippen LogP contribution >= 0.6 is 0 Å². The number of carbonyl (C=O) groups is 2. The number of carbonyl (C=O) groups excluding carboxylic acids is 1. The van der Waals surface area contributed by atoms with Gasteiger partial charge >= 0.3 is 12.1 Å². The summed E-state index contributed by atoms with van der Waals surface area (Å²) >= 11 is 0. The van der Waals surface area contributed by atoms with Gasteiger partial charge in [0.15, 0.2) is 0 Å². The summed E-state index contributed by atoms with van der Waals surface area (Å²) in [4.78, 5) is 44.8. The van der Waals surface area contributed by atoms with Crippen molar-refractivity contribution in [2.45, 2.75) is 71.5 Å². The Balaban J connectivity index is 1.76. The van der Waals surface area contributed by atoms with E-state index in [1.807, 2.05) is 24.0 Å². The Bertz CT molecular complexity index is 1740. The number of rotatable bonds is 13. The fraction of sp³-hybridized carbons (Fsp3) is 0.444. The quantitative estimate of drug-likeness (QED) is 0.155. The van der Waals surface area contributed by atoms with Crippen molar-refractivity contribution in [2.75, 3.05) is 26.7 Å². The van der Waals surface area contributed by atoms with Crippen LogP contribution in [0.25, 0.3) is 11.1 Å². The third-order valence-electron chi connectivity index (χ3n) is 8.63. The van der Waals surface area contributed by atoms with Crippen LogP contribution in [0.2, 0.25) is 0 Å². The van der Waals surface area contributed by atoms with E-state index in [0.29, 0.717) is 29.5 Å². The van der Waals surface area contributed by atoms with E-state index in [9.17, 15) is 32.7 Å². The molecule has 2 atom stereocenters. The summed E-state index contributed by atoms with van der Waals surface area (Å²) in [7, 11) is 1.51. The summed E-state index contributed by atoms with van der Waals surface area (Å²) in [5.74, 6) is -3.60. The summed E-state index contributed by atoms with van der Waals surface area (Å²) in [6.07, 6.45) is -2.14. The standard InChI is InChI=1S/C36H41F4N3O5/c1-21(2)14-29(43-20-24(10-13-42-11-7-12-42)28(18-31(43)44)36(38,39)40)35(47)41-19-26(17-32(45)46)27-16-25(15-23(4)34(27)37)33-22(3)8-6-9-30(33)48-5/h6,8-9,15-16,18-21,26,29H,7,10-14,17H2,1-5H3,(H,45,46)/b41-19+. The fourth-order valence-electron chi connectivity index (χ4n) is 6.03. The number of nitrogens with zero attached hydrogens (tertiary/aromatic N) is 3. The number of aliphatic imine (C=N–C) groups is 1. The number of aliphatic carboxylic acids is 1. The van der Waals surface area contributed by atoms with Crippen molar-refractivity contribution >= 4 is 18.1 Å². The molecule has 0 spiro atoms. The first-order valence-electron chi connectivity index (χ1n) is 15.9. The molecular formula is C36H41F4N3O5. The van der Waals surface area contributed by atoms with Crippen molar-refractivity contribution in [2.24, 2.45) is 10.9 Å². The van der Waals surface area contributed by atoms with E-state index in [0.717, 1.165) is 42.1 Å². The minimum Gasteiger partial charge on any atom is -0.496 e. The number of likely N-dealkylation sites (tertiary alicyclic amines) is 1. The lowest BCUT2D eigenvalue weighted by Gasteiger charge is -2.31. The number of carboxylic acids is 1. The highest BCUT2D eigenvalue weighted by atomic mass is 19.4. The first-order valence-corrected chi connectivity index (χ1v) is 15.9. The topological polar surface area (TPSA) is 101 Å². The van der Waals surface area contributed by atoms with Crippen molar-refractivity contribution in [1.29, 1.82) is 0 Å². The Hall–Kier alpha value is -4.32. The first-order chi connectivity index (χ1) is 22.6. The van der Waals surface area contributed by atoms with Crippen LogP contribution in [0.1, 0.15) is 72.9 Å². The molecule has 1 aliphatic rings. The van der Waals surface area contributed by atoms with Gasteiger partial charge in [0.25, 0.3) is 11.5 Å². The molecule has 48 heavy (non-hydrogen) atoms. The summed E-state index contributed by atoms with van der Waals surface area (Å²) in [5.41, 5.74) is 0.187. The number of benzene rings is 2. The number of amides is 1. The number of aromatic nitrogens is 1. The molecule has 0 radical (unpaired) electrons. The molecule has 12 heteroatoms. The zero-order valence-corrected chi connectivity index (χ0v) is 27.7. The minimum atomic E-state index is -4.76. The first kappa shape index (κ1) is 36.5. The molecule has 1 fully saturated rings. The minimum absolute atomic E-state index is 0.00496. The summed E-state index contributed by atoms with van der Waals surface area (Å²) < 4.78 is 64.0. The van der Waals surface area contributed by atoms with Crippen LogP contribution in [0, 0.1) is 25.6 Å². The van der Waals surface area contributed by atoms with Gasteiger partial charge in [0.1, 0.15) is 17.6 Å². The summed E-state index contributed by atoms with van der Waals surface area (Å²) in [6.45, 7) is 8.92. The predicted molar refractivity (Wildman–Crippen MR) is 175 cm³/mol. The fourth-order valence-corrected chi connectivity index (χ4v) is 6.03. The van der Waals surface area contributed by atoms with E-state index >= 15 is 4.39 Å². The van der Waals surface area contributed by atoms with Crippen molar-refractivity contribution in [3.8, 4) is 16.9 Å². The van der Waals surface area contributed by atoms with E-state index in [-0.39, 0.29) is 35.4 Å². The summed E-state index contributed by atoms with van der Waals surface area (Å²) in [5, 5.41) is 9.73. The molecule has 258 valence electrons. The number of methoxy groups -OCH3 is 1. The SMILES string of the molecule is COc1cccc(C)c1-c1cc(C)c(F)c(C(/C=N/C(=O)C(CC(C)C)n2cc(CCN3CCC3)c(C(F)(F)F)cc2=O)CC(=O)O)c1. The number of hydrogen-bond acceptors (Lipinski definition) is 5. The second-order valence-electron chi connectivity index (χ2n) is 12.7. The Morgan fingerprint density at radius 2 is 1.81 bits per heavy atom. The van der Waals surface area contributed by atoms with Gasteiger partial charge in [-0.15, -0.1) is 0 Å². The lowest BCUT2D eigenvalue weighted by atomic mass is 9.89. The average molecular weight is 672 g/mol. The Morgan fingerprint density at radius 1 is 1.10 bits per heavy atom. The van der Waals surface area contributed by atoms with Gasteiger partial charge in [0.05, 0.1) is 19.1 Å². The molecule has 2 unspecified atom stereocenters. The smallest absolute Gasteiger partial charge is 0.416 e. The molecule has 2 aromatic carbocycles. The van der Waals surface area contributed by atoms with Crippen LogP contribution in [0.5, 0.6) is 5.75 Å². The second kappa shape index (κ2) is 15.3. The van der Waals surface area contributed by atoms with Crippen LogP contribution < -0.4 is 10.3 Å². The van der Waals surface area contributed by atoms with E-state index in [1.165, 1.54) is 13.2 Å². The number of pyridine rings is 1. The van der Waals surface area contributed by atoms with Gasteiger partial charge in [-0.25, -0.2) is 9.38 Å². The van der Waals surface area contributed by atoms with Gasteiger partial charge in [0, 0.05) is 36.5 Å². The van der Waals surface area contributed by atoms with E-state index in [1.54, 1.807) is 32.9 Å². The molecule has 1 aliphatic heterocycles. The molecule has 1 saturated heterocycles. The normalized spacial score (nSPS) is 15.0. The zero-order valence-electron chi connectivity index (χ0n) is 27.7. The number of carboxylic acid groups (broad SMARTS) is 1. The average Bonchev–Trinajstić information content (AvgIpc) is 2.98. The Morgan fingerprint density at radius 3 is 2.40 bits per heavy atom. The maximum Gasteiger partial charge on any atom is 0.416 e. The third-order valence-corrected chi connectivity index (χ3v) is 8.63. The van der Waals surface area contributed by atoms with Gasteiger partial charge in [-0.1, -0.05) is 26.0 Å². The Labute approximate surface area is 277 Å². The van der Waals surface area contributed by atoms with Gasteiger partial charge in [-0.05, 0) is 98.1 Å². The van der Waals surface area contributed by atoms with E-state index in [2.05, 4.69) is 4.99 Å². The summed E-state index contributed by atoms with van der Waals surface area (Å²) in [6, 6.07) is 7.81. The number of aryl methyl sites for hydroxylation is 2. The van der Waals surface area contributed by atoms with Crippen LogP contribution in [0.4, 0.5) is 17.6 Å². The van der Waals surface area contributed by atoms with Crippen molar-refractivity contribution in [3.05, 3.63) is 86.6 Å². The van der Waals surface area contributed by atoms with Gasteiger partial charge in [-0.3, -0.25) is 14.4 Å². The lowest BCUT2D eigenvalue weighted by molar-refractivity contribution is -0.138. The zero-order chi connectivity index (χ0) is 35.3. The van der Waals surface area contributed by atoms with Gasteiger partial charge in [0.2, 0.25) is 0 Å². The lowest BCUT2D eigenvalue weighted by Crippen LogP contribution is -2.39. The van der Waals surface area contributed by atoms with Crippen LogP contribution in [-0.4, -0.2) is 59.4 Å². The molecular weight excluding hydrogens is 630 g/mol. The van der Waals surface area contributed by atoms with Crippen molar-refractivity contribution in [1.82, 2.24) is 9.47 Å². The molecule has 0 saturated carbocycles. The number of hydrogen-bond donors (Lipinski definition) is 1. The third kappa shape index (κ3) is 8.58. The molecule has 0 bridgehead atoms. The number of halogens is 4. The Kier molecular flexibility index (Phi) is 11.6. The van der Waals surface area contributed by atoms with Crippen LogP contribution in [0.15, 0.2) is 52.4 Å². The van der Waals surface area contributed by atoms with Crippen LogP contribution in [0.3, 0.4) is 0 Å². The maximum atomic E-state index is 15.7. The molecule has 3 aromatic rings. The largest absolute Gasteiger partial charge is 0.496 e. The van der Waals surface area contributed by atoms with Gasteiger partial charge < -0.3 is 19.3 Å². The molecule has 1 N–H and O–H groups in total. The maximum absolute atomic E-state index is 15.7. The second-order valence-corrected chi connectivity index (χ2v) is 12.7. The highest BCUT2D eigenvalue weighted by Gasteiger charge is 2.35. The molecule has 2 heterocycles. The molecule has 1 aromatic heterocycles. The predicted octanol–water partition coefficient (Wildman–Crippen LogP) is 6.99. The van der Waals surface area contributed by atoms with E-state index < -0.39 is 53.4 Å². The monoisotopic (exact) mass is 671 g/mol. The molecule has 1 amide bonds. The highest BCUT2D eigenvalue weighted by molar-refractivity contribution is 5.91. The van der Waals surface area contributed by atoms with Gasteiger partial charge in [-0.2, -0.15) is 13.2 Å².